The molecule has 0 N–H and O–H groups in total. The van der Waals surface area contributed by atoms with Crippen molar-refractivity contribution in [1.82, 2.24) is 9.55 Å². The lowest BCUT2D eigenvalue weighted by atomic mass is 9.98. The zero-order valence-corrected chi connectivity index (χ0v) is 11.4. The second kappa shape index (κ2) is 5.04. The molecule has 1 aliphatic rings. The van der Waals surface area contributed by atoms with Crippen molar-refractivity contribution in [1.29, 1.82) is 0 Å². The van der Waals surface area contributed by atoms with Crippen LogP contribution in [0.2, 0.25) is 0 Å². The molecule has 0 saturated heterocycles. The molecule has 2 aromatic rings. The van der Waals surface area contributed by atoms with Crippen LogP contribution in [0, 0.1) is 12.8 Å². The number of Topliss-reactive ketones (excluding diaryl/α,β-unsaturated/α-hetero) is 2. The number of ketones is 2. The standard InChI is InChI=1S/C16H16N2O2/c1-11-9-17-10-18(11)8-4-7-14-15(19)12-5-2-3-6-13(12)16(14)20/h2-3,5-6,9-10,14H,4,7-8H2,1H3. The van der Waals surface area contributed by atoms with E-state index in [4.69, 9.17) is 0 Å². The van der Waals surface area contributed by atoms with Gasteiger partial charge in [-0.05, 0) is 19.8 Å². The van der Waals surface area contributed by atoms with Crippen LogP contribution in [-0.4, -0.2) is 21.1 Å². The third-order valence-corrected chi connectivity index (χ3v) is 3.90. The molecule has 1 aliphatic carbocycles. The van der Waals surface area contributed by atoms with Gasteiger partial charge in [0.15, 0.2) is 11.6 Å². The number of fused-ring (bicyclic) bond motifs is 1. The first-order chi connectivity index (χ1) is 9.68. The van der Waals surface area contributed by atoms with Gasteiger partial charge in [-0.1, -0.05) is 24.3 Å². The van der Waals surface area contributed by atoms with Crippen LogP contribution >= 0.6 is 0 Å². The predicted molar refractivity (Wildman–Crippen MR) is 74.8 cm³/mol. The molecule has 102 valence electrons. The molecule has 0 spiro atoms. The van der Waals surface area contributed by atoms with E-state index in [9.17, 15) is 9.59 Å². The second-order valence-corrected chi connectivity index (χ2v) is 5.20. The first-order valence-corrected chi connectivity index (χ1v) is 6.82. The summed E-state index contributed by atoms with van der Waals surface area (Å²) >= 11 is 0. The Balaban J connectivity index is 1.67. The van der Waals surface area contributed by atoms with Crippen LogP contribution in [-0.2, 0) is 6.54 Å². The zero-order valence-electron chi connectivity index (χ0n) is 11.4. The van der Waals surface area contributed by atoms with Crippen LogP contribution < -0.4 is 0 Å². The van der Waals surface area contributed by atoms with Crippen molar-refractivity contribution in [2.75, 3.05) is 0 Å². The molecule has 0 amide bonds. The molecule has 0 fully saturated rings. The van der Waals surface area contributed by atoms with Gasteiger partial charge in [0.2, 0.25) is 0 Å². The fourth-order valence-electron chi connectivity index (χ4n) is 2.76. The molecule has 1 heterocycles. The summed E-state index contributed by atoms with van der Waals surface area (Å²) in [7, 11) is 0. The Kier molecular flexibility index (Phi) is 3.22. The van der Waals surface area contributed by atoms with E-state index in [0.717, 1.165) is 18.7 Å². The zero-order chi connectivity index (χ0) is 14.1. The van der Waals surface area contributed by atoms with Gasteiger partial charge < -0.3 is 4.57 Å². The molecule has 3 rings (SSSR count). The number of imidazole rings is 1. The number of hydrogen-bond acceptors (Lipinski definition) is 3. The van der Waals surface area contributed by atoms with Crippen LogP contribution in [0.15, 0.2) is 36.8 Å². The van der Waals surface area contributed by atoms with Gasteiger partial charge in [-0.2, -0.15) is 0 Å². The lowest BCUT2D eigenvalue weighted by Crippen LogP contribution is -2.16. The maximum absolute atomic E-state index is 12.2. The minimum absolute atomic E-state index is 0.0204. The van der Waals surface area contributed by atoms with E-state index < -0.39 is 5.92 Å². The topological polar surface area (TPSA) is 52.0 Å². The van der Waals surface area contributed by atoms with Crippen molar-refractivity contribution in [3.63, 3.8) is 0 Å². The van der Waals surface area contributed by atoms with E-state index in [1.807, 2.05) is 17.7 Å². The Hall–Kier alpha value is -2.23. The van der Waals surface area contributed by atoms with Crippen LogP contribution in [0.5, 0.6) is 0 Å². The van der Waals surface area contributed by atoms with E-state index in [0.29, 0.717) is 17.5 Å². The molecule has 4 nitrogen and oxygen atoms in total. The van der Waals surface area contributed by atoms with E-state index in [2.05, 4.69) is 4.98 Å². The smallest absolute Gasteiger partial charge is 0.174 e. The SMILES string of the molecule is Cc1cncn1CCCC1C(=O)c2ccccc2C1=O. The number of carbonyl (C=O) groups is 2. The fourth-order valence-corrected chi connectivity index (χ4v) is 2.76. The summed E-state index contributed by atoms with van der Waals surface area (Å²) < 4.78 is 2.04. The van der Waals surface area contributed by atoms with Crippen molar-refractivity contribution < 1.29 is 9.59 Å². The Morgan fingerprint density at radius 2 is 1.80 bits per heavy atom. The van der Waals surface area contributed by atoms with Gasteiger partial charge in [0, 0.05) is 29.6 Å². The van der Waals surface area contributed by atoms with E-state index in [-0.39, 0.29) is 11.6 Å². The molecule has 1 aromatic heterocycles. The molecule has 1 aromatic carbocycles. The highest BCUT2D eigenvalue weighted by Crippen LogP contribution is 2.29. The number of aryl methyl sites for hydroxylation is 2. The molecule has 0 bridgehead atoms. The third-order valence-electron chi connectivity index (χ3n) is 3.90. The van der Waals surface area contributed by atoms with Gasteiger partial charge in [-0.15, -0.1) is 0 Å². The second-order valence-electron chi connectivity index (χ2n) is 5.20. The fraction of sp³-hybridized carbons (Fsp3) is 0.312. The highest BCUT2D eigenvalue weighted by Gasteiger charge is 2.37. The van der Waals surface area contributed by atoms with Gasteiger partial charge in [0.05, 0.1) is 12.2 Å². The normalized spacial score (nSPS) is 14.8. The lowest BCUT2D eigenvalue weighted by molar-refractivity contribution is 0.0828. The maximum Gasteiger partial charge on any atom is 0.174 e. The Morgan fingerprint density at radius 3 is 2.35 bits per heavy atom. The quantitative estimate of drug-likeness (QED) is 0.801. The van der Waals surface area contributed by atoms with Crippen LogP contribution in [0.1, 0.15) is 39.3 Å². The lowest BCUT2D eigenvalue weighted by Gasteiger charge is -2.08. The number of rotatable bonds is 4. The summed E-state index contributed by atoms with van der Waals surface area (Å²) in [6, 6.07) is 7.10. The van der Waals surface area contributed by atoms with Crippen molar-refractivity contribution in [2.45, 2.75) is 26.3 Å². The Bertz CT molecular complexity index is 638. The van der Waals surface area contributed by atoms with Gasteiger partial charge in [0.25, 0.3) is 0 Å². The highest BCUT2D eigenvalue weighted by molar-refractivity contribution is 6.26. The molecule has 4 heteroatoms. The summed E-state index contributed by atoms with van der Waals surface area (Å²) in [4.78, 5) is 28.5. The summed E-state index contributed by atoms with van der Waals surface area (Å²) in [5, 5.41) is 0. The summed E-state index contributed by atoms with van der Waals surface area (Å²) in [5.74, 6) is -0.530. The number of aromatic nitrogens is 2. The first-order valence-electron chi connectivity index (χ1n) is 6.82. The summed E-state index contributed by atoms with van der Waals surface area (Å²) in [5.41, 5.74) is 2.26. The minimum Gasteiger partial charge on any atom is -0.335 e. The molecule has 0 atom stereocenters. The summed E-state index contributed by atoms with van der Waals surface area (Å²) in [6.07, 6.45) is 4.99. The molecule has 0 aliphatic heterocycles. The van der Waals surface area contributed by atoms with Crippen LogP contribution in [0.4, 0.5) is 0 Å². The molecule has 20 heavy (non-hydrogen) atoms. The van der Waals surface area contributed by atoms with Crippen LogP contribution in [0.3, 0.4) is 0 Å². The first kappa shape index (κ1) is 12.8. The molecular formula is C16H16N2O2. The molecule has 0 saturated carbocycles. The van der Waals surface area contributed by atoms with E-state index in [1.54, 1.807) is 30.6 Å². The number of benzene rings is 1. The number of carbonyl (C=O) groups excluding carboxylic acids is 2. The summed E-state index contributed by atoms with van der Waals surface area (Å²) in [6.45, 7) is 2.79. The van der Waals surface area contributed by atoms with Crippen molar-refractivity contribution in [3.05, 3.63) is 53.6 Å². The molecule has 0 unspecified atom stereocenters. The van der Waals surface area contributed by atoms with Gasteiger partial charge >= 0.3 is 0 Å². The van der Waals surface area contributed by atoms with Gasteiger partial charge in [-0.25, -0.2) is 4.98 Å². The number of nitrogens with zero attached hydrogens (tertiary/aromatic N) is 2. The molecular weight excluding hydrogens is 252 g/mol. The van der Waals surface area contributed by atoms with Crippen molar-refractivity contribution in [3.8, 4) is 0 Å². The number of hydrogen-bond donors (Lipinski definition) is 0. The average molecular weight is 268 g/mol. The maximum atomic E-state index is 12.2. The largest absolute Gasteiger partial charge is 0.335 e. The highest BCUT2D eigenvalue weighted by atomic mass is 16.2. The van der Waals surface area contributed by atoms with Crippen molar-refractivity contribution >= 4 is 11.6 Å². The van der Waals surface area contributed by atoms with Gasteiger partial charge in [-0.3, -0.25) is 9.59 Å². The predicted octanol–water partition coefficient (Wildman–Crippen LogP) is 2.67. The average Bonchev–Trinajstić information content (AvgIpc) is 2.97. The van der Waals surface area contributed by atoms with Crippen LogP contribution in [0.25, 0.3) is 0 Å². The van der Waals surface area contributed by atoms with E-state index in [1.165, 1.54) is 0 Å². The third kappa shape index (κ3) is 2.07. The van der Waals surface area contributed by atoms with Gasteiger partial charge in [0.1, 0.15) is 0 Å². The monoisotopic (exact) mass is 268 g/mol. The minimum atomic E-state index is -0.490. The Morgan fingerprint density at radius 1 is 1.15 bits per heavy atom. The van der Waals surface area contributed by atoms with Crippen molar-refractivity contribution in [2.24, 2.45) is 5.92 Å². The van der Waals surface area contributed by atoms with E-state index >= 15 is 0 Å². The Labute approximate surface area is 117 Å². The molecule has 0 radical (unpaired) electrons.